The molecule has 0 bridgehead atoms. The molecule has 2 saturated heterocycles. The van der Waals surface area contributed by atoms with Crippen LogP contribution < -0.4 is 0 Å². The minimum atomic E-state index is -1.08. The molecule has 0 amide bonds. The number of aliphatic hydroxyl groups is 2. The molecule has 5 atom stereocenters. The van der Waals surface area contributed by atoms with Gasteiger partial charge in [-0.1, -0.05) is 5.11 Å². The zero-order valence-corrected chi connectivity index (χ0v) is 9.55. The molecular formula is C9H15N3O5. The highest BCUT2D eigenvalue weighted by molar-refractivity contribution is 4.96. The zero-order valence-electron chi connectivity index (χ0n) is 9.55. The minimum Gasteiger partial charge on any atom is -0.390 e. The van der Waals surface area contributed by atoms with E-state index in [1.165, 1.54) is 0 Å². The summed E-state index contributed by atoms with van der Waals surface area (Å²) in [7, 11) is 0. The van der Waals surface area contributed by atoms with Crippen molar-refractivity contribution in [3.8, 4) is 0 Å². The summed E-state index contributed by atoms with van der Waals surface area (Å²) in [5.41, 5.74) is 8.15. The first-order valence-electron chi connectivity index (χ1n) is 5.33. The first-order chi connectivity index (χ1) is 7.94. The van der Waals surface area contributed by atoms with Crippen LogP contribution in [-0.4, -0.2) is 53.3 Å². The molecule has 2 rings (SSSR count). The van der Waals surface area contributed by atoms with Gasteiger partial charge in [-0.15, -0.1) is 0 Å². The van der Waals surface area contributed by atoms with E-state index in [2.05, 4.69) is 10.0 Å². The molecular weight excluding hydrogens is 230 g/mol. The summed E-state index contributed by atoms with van der Waals surface area (Å²) in [6.07, 6.45) is -4.29. The largest absolute Gasteiger partial charge is 0.390 e. The molecule has 0 aromatic heterocycles. The Bertz CT molecular complexity index is 344. The Hall–Kier alpha value is -0.890. The van der Waals surface area contributed by atoms with E-state index in [9.17, 15) is 10.2 Å². The molecule has 0 aromatic rings. The smallest absolute Gasteiger partial charge is 0.190 e. The van der Waals surface area contributed by atoms with E-state index in [0.29, 0.717) is 0 Å². The van der Waals surface area contributed by atoms with Crippen molar-refractivity contribution < 1.29 is 24.4 Å². The molecule has 0 aromatic carbocycles. The third kappa shape index (κ3) is 2.37. The maximum absolute atomic E-state index is 9.94. The van der Waals surface area contributed by atoms with E-state index in [1.807, 2.05) is 0 Å². The summed E-state index contributed by atoms with van der Waals surface area (Å²) >= 11 is 0. The Kier molecular flexibility index (Phi) is 3.26. The number of nitrogens with zero attached hydrogens (tertiary/aromatic N) is 3. The van der Waals surface area contributed by atoms with E-state index in [4.69, 9.17) is 19.7 Å². The minimum absolute atomic E-state index is 0.166. The molecule has 2 heterocycles. The second-order valence-electron chi connectivity index (χ2n) is 4.54. The van der Waals surface area contributed by atoms with Crippen molar-refractivity contribution in [3.05, 3.63) is 10.4 Å². The van der Waals surface area contributed by atoms with Crippen molar-refractivity contribution in [2.24, 2.45) is 5.11 Å². The maximum Gasteiger partial charge on any atom is 0.190 e. The molecule has 2 N–H and O–H groups in total. The van der Waals surface area contributed by atoms with E-state index in [-0.39, 0.29) is 6.54 Å². The van der Waals surface area contributed by atoms with Crippen LogP contribution in [0.4, 0.5) is 0 Å². The van der Waals surface area contributed by atoms with Crippen molar-refractivity contribution in [3.63, 3.8) is 0 Å². The highest BCUT2D eigenvalue weighted by Crippen LogP contribution is 2.38. The van der Waals surface area contributed by atoms with Gasteiger partial charge in [0.25, 0.3) is 0 Å². The van der Waals surface area contributed by atoms with Gasteiger partial charge < -0.3 is 24.4 Å². The lowest BCUT2D eigenvalue weighted by molar-refractivity contribution is -0.224. The number of fused-ring (bicyclic) bond motifs is 1. The third-order valence-corrected chi connectivity index (χ3v) is 2.76. The molecule has 96 valence electrons. The molecule has 8 nitrogen and oxygen atoms in total. The Balaban J connectivity index is 2.00. The number of hydrogen-bond acceptors (Lipinski definition) is 6. The van der Waals surface area contributed by atoms with Crippen LogP contribution in [0.1, 0.15) is 13.8 Å². The molecule has 0 radical (unpaired) electrons. The van der Waals surface area contributed by atoms with Gasteiger partial charge in [0, 0.05) is 4.91 Å². The first kappa shape index (κ1) is 12.6. The summed E-state index contributed by atoms with van der Waals surface area (Å²) in [5, 5.41) is 22.8. The van der Waals surface area contributed by atoms with E-state index in [1.54, 1.807) is 13.8 Å². The Morgan fingerprint density at radius 3 is 2.76 bits per heavy atom. The van der Waals surface area contributed by atoms with E-state index < -0.39 is 36.5 Å². The quantitative estimate of drug-likeness (QED) is 0.409. The van der Waals surface area contributed by atoms with Gasteiger partial charge in [-0.3, -0.25) is 0 Å². The lowest BCUT2D eigenvalue weighted by Gasteiger charge is -2.25. The van der Waals surface area contributed by atoms with Crippen molar-refractivity contribution >= 4 is 0 Å². The number of azide groups is 1. The monoisotopic (exact) mass is 245 g/mol. The van der Waals surface area contributed by atoms with Gasteiger partial charge in [-0.2, -0.15) is 0 Å². The molecule has 2 fully saturated rings. The van der Waals surface area contributed by atoms with Crippen molar-refractivity contribution in [1.29, 1.82) is 0 Å². The van der Waals surface area contributed by atoms with Gasteiger partial charge in [-0.05, 0) is 19.4 Å². The fourth-order valence-electron chi connectivity index (χ4n) is 2.06. The number of rotatable bonds is 3. The highest BCUT2D eigenvalue weighted by atomic mass is 16.8. The lowest BCUT2D eigenvalue weighted by Crippen LogP contribution is -2.42. The van der Waals surface area contributed by atoms with Gasteiger partial charge in [-0.25, -0.2) is 0 Å². The predicted octanol–water partition coefficient (Wildman–Crippen LogP) is -0.105. The van der Waals surface area contributed by atoms with Gasteiger partial charge in [0.15, 0.2) is 12.1 Å². The Morgan fingerprint density at radius 1 is 1.47 bits per heavy atom. The zero-order chi connectivity index (χ0) is 12.6. The van der Waals surface area contributed by atoms with Crippen molar-refractivity contribution in [1.82, 2.24) is 0 Å². The highest BCUT2D eigenvalue weighted by Gasteiger charge is 2.55. The molecule has 2 aliphatic heterocycles. The van der Waals surface area contributed by atoms with Gasteiger partial charge in [0.05, 0.1) is 12.6 Å². The fourth-order valence-corrected chi connectivity index (χ4v) is 2.06. The van der Waals surface area contributed by atoms with Crippen LogP contribution in [-0.2, 0) is 14.2 Å². The number of hydrogen-bond donors (Lipinski definition) is 2. The topological polar surface area (TPSA) is 117 Å². The van der Waals surface area contributed by atoms with Crippen LogP contribution in [0, 0.1) is 0 Å². The van der Waals surface area contributed by atoms with E-state index in [0.717, 1.165) is 0 Å². The second kappa shape index (κ2) is 4.41. The summed E-state index contributed by atoms with van der Waals surface area (Å²) < 4.78 is 16.2. The Labute approximate surface area is 97.7 Å². The van der Waals surface area contributed by atoms with Crippen LogP contribution >= 0.6 is 0 Å². The van der Waals surface area contributed by atoms with Crippen LogP contribution in [0.5, 0.6) is 0 Å². The summed E-state index contributed by atoms with van der Waals surface area (Å²) in [5.74, 6) is -0.808. The number of aliphatic hydroxyl groups excluding tert-OH is 2. The third-order valence-electron chi connectivity index (χ3n) is 2.76. The molecule has 8 heteroatoms. The second-order valence-corrected chi connectivity index (χ2v) is 4.54. The molecule has 1 unspecified atom stereocenters. The van der Waals surface area contributed by atoms with Gasteiger partial charge in [0.1, 0.15) is 18.3 Å². The Morgan fingerprint density at radius 2 is 2.18 bits per heavy atom. The van der Waals surface area contributed by atoms with Crippen LogP contribution in [0.25, 0.3) is 10.4 Å². The summed E-state index contributed by atoms with van der Waals surface area (Å²) in [6, 6.07) is 0. The van der Waals surface area contributed by atoms with Gasteiger partial charge >= 0.3 is 0 Å². The standard InChI is InChI=1S/C9H15N3O5/c1-9(2)16-7-5(14)6(15-8(7)17-9)4(13)3-11-12-10/h4-8,13-14H,3H2,1-2H3/t4?,5-,6+,7-,8+/m0/s1. The van der Waals surface area contributed by atoms with Gasteiger partial charge in [0.2, 0.25) is 0 Å². The average Bonchev–Trinajstić information content (AvgIpc) is 2.70. The molecule has 2 aliphatic rings. The molecule has 0 spiro atoms. The lowest BCUT2D eigenvalue weighted by atomic mass is 10.1. The molecule has 17 heavy (non-hydrogen) atoms. The maximum atomic E-state index is 9.94. The van der Waals surface area contributed by atoms with Crippen LogP contribution in [0.2, 0.25) is 0 Å². The average molecular weight is 245 g/mol. The predicted molar refractivity (Wildman–Crippen MR) is 54.7 cm³/mol. The summed E-state index contributed by atoms with van der Waals surface area (Å²) in [4.78, 5) is 2.53. The van der Waals surface area contributed by atoms with Crippen LogP contribution in [0.3, 0.4) is 0 Å². The molecule has 0 aliphatic carbocycles. The van der Waals surface area contributed by atoms with Crippen molar-refractivity contribution in [2.75, 3.05) is 6.54 Å². The van der Waals surface area contributed by atoms with Crippen molar-refractivity contribution in [2.45, 2.75) is 50.3 Å². The first-order valence-corrected chi connectivity index (χ1v) is 5.33. The fraction of sp³-hybridized carbons (Fsp3) is 1.00. The SMILES string of the molecule is CC1(C)O[C@H]2O[C@H](C(O)CN=[N+]=[N-])[C@H](O)[C@@H]2O1. The molecule has 0 saturated carbocycles. The normalized spacial score (nSPS) is 40.7. The summed E-state index contributed by atoms with van der Waals surface area (Å²) in [6.45, 7) is 3.26. The number of ether oxygens (including phenoxy) is 3. The van der Waals surface area contributed by atoms with E-state index >= 15 is 0 Å². The van der Waals surface area contributed by atoms with Crippen LogP contribution in [0.15, 0.2) is 5.11 Å².